The van der Waals surface area contributed by atoms with Crippen LogP contribution in [0.3, 0.4) is 0 Å². The minimum absolute atomic E-state index is 0.0915. The summed E-state index contributed by atoms with van der Waals surface area (Å²) in [4.78, 5) is 0. The Morgan fingerprint density at radius 2 is 2.43 bits per heavy atom. The molecule has 0 radical (unpaired) electrons. The van der Waals surface area contributed by atoms with Gasteiger partial charge in [0.1, 0.15) is 11.9 Å². The summed E-state index contributed by atoms with van der Waals surface area (Å²) in [6, 6.07) is 5.13. The van der Waals surface area contributed by atoms with Crippen molar-refractivity contribution in [3.8, 4) is 5.75 Å². The molecule has 6 nitrogen and oxygen atoms in total. The highest BCUT2D eigenvalue weighted by Gasteiger charge is 2.23. The van der Waals surface area contributed by atoms with Crippen LogP contribution in [0.25, 0.3) is 0 Å². The fourth-order valence-corrected chi connectivity index (χ4v) is 2.72. The average molecular weight is 369 g/mol. The Bertz CT molecular complexity index is 734. The third-order valence-corrected chi connectivity index (χ3v) is 3.95. The number of aromatic amines is 1. The van der Waals surface area contributed by atoms with E-state index in [4.69, 9.17) is 17.0 Å². The van der Waals surface area contributed by atoms with Crippen molar-refractivity contribution in [3.05, 3.63) is 38.8 Å². The molecule has 1 atom stereocenters. The van der Waals surface area contributed by atoms with Gasteiger partial charge in [0, 0.05) is 16.6 Å². The minimum atomic E-state index is -0.0915. The summed E-state index contributed by atoms with van der Waals surface area (Å²) in [7, 11) is 0. The number of rotatable bonds is 3. The molecule has 1 aromatic carbocycles. The van der Waals surface area contributed by atoms with Gasteiger partial charge in [0.05, 0.1) is 6.21 Å². The van der Waals surface area contributed by atoms with Gasteiger partial charge in [-0.3, -0.25) is 5.10 Å². The molecule has 1 aliphatic rings. The van der Waals surface area contributed by atoms with Gasteiger partial charge < -0.3 is 9.84 Å². The highest BCUT2D eigenvalue weighted by Crippen LogP contribution is 2.27. The van der Waals surface area contributed by atoms with Gasteiger partial charge in [-0.05, 0) is 43.3 Å². The first kappa shape index (κ1) is 14.4. The number of phenols is 1. The Balaban J connectivity index is 1.94. The first-order valence-corrected chi connectivity index (χ1v) is 7.67. The number of H-pyrrole nitrogens is 1. The number of halogens is 1. The van der Waals surface area contributed by atoms with Gasteiger partial charge in [-0.2, -0.15) is 14.9 Å². The van der Waals surface area contributed by atoms with Crippen molar-refractivity contribution in [2.24, 2.45) is 5.10 Å². The Hall–Kier alpha value is -1.51. The molecule has 0 amide bonds. The third kappa shape index (κ3) is 3.07. The predicted molar refractivity (Wildman–Crippen MR) is 84.1 cm³/mol. The summed E-state index contributed by atoms with van der Waals surface area (Å²) in [5.74, 6) is 0.805. The molecule has 0 saturated carbocycles. The zero-order valence-electron chi connectivity index (χ0n) is 11.0. The van der Waals surface area contributed by atoms with Crippen LogP contribution >= 0.6 is 28.1 Å². The van der Waals surface area contributed by atoms with E-state index in [1.54, 1.807) is 24.4 Å². The lowest BCUT2D eigenvalue weighted by Crippen LogP contribution is -2.05. The molecule has 0 spiro atoms. The van der Waals surface area contributed by atoms with E-state index in [0.717, 1.165) is 23.9 Å². The maximum Gasteiger partial charge on any atom is 0.216 e. The number of benzene rings is 1. The summed E-state index contributed by atoms with van der Waals surface area (Å²) in [5, 5.41) is 21.0. The fourth-order valence-electron chi connectivity index (χ4n) is 2.15. The molecule has 21 heavy (non-hydrogen) atoms. The van der Waals surface area contributed by atoms with Crippen molar-refractivity contribution >= 4 is 34.4 Å². The molecule has 3 rings (SSSR count). The molecular formula is C13H13BrN4O2S. The zero-order valence-corrected chi connectivity index (χ0v) is 13.4. The topological polar surface area (TPSA) is 75.4 Å². The number of hydrogen-bond donors (Lipinski definition) is 2. The van der Waals surface area contributed by atoms with Crippen molar-refractivity contribution in [3.63, 3.8) is 0 Å². The van der Waals surface area contributed by atoms with Gasteiger partial charge in [-0.1, -0.05) is 15.9 Å². The number of nitrogens with one attached hydrogen (secondary N) is 1. The smallest absolute Gasteiger partial charge is 0.216 e. The monoisotopic (exact) mass is 368 g/mol. The van der Waals surface area contributed by atoms with Gasteiger partial charge in [0.25, 0.3) is 0 Å². The second kappa shape index (κ2) is 6.08. The van der Waals surface area contributed by atoms with Crippen LogP contribution in [0.15, 0.2) is 27.8 Å². The summed E-state index contributed by atoms with van der Waals surface area (Å²) >= 11 is 8.55. The third-order valence-electron chi connectivity index (χ3n) is 3.20. The maximum atomic E-state index is 9.82. The van der Waals surface area contributed by atoms with Gasteiger partial charge in [-0.25, -0.2) is 0 Å². The lowest BCUT2D eigenvalue weighted by molar-refractivity contribution is 0.102. The van der Waals surface area contributed by atoms with Crippen LogP contribution in [0.5, 0.6) is 5.75 Å². The van der Waals surface area contributed by atoms with Gasteiger partial charge in [-0.15, -0.1) is 0 Å². The number of nitrogens with zero attached hydrogens (tertiary/aromatic N) is 3. The second-order valence-corrected chi connectivity index (χ2v) is 5.95. The van der Waals surface area contributed by atoms with Crippen LogP contribution in [0.2, 0.25) is 0 Å². The summed E-state index contributed by atoms with van der Waals surface area (Å²) < 4.78 is 8.39. The summed E-state index contributed by atoms with van der Waals surface area (Å²) in [6.45, 7) is 0.723. The van der Waals surface area contributed by atoms with Crippen LogP contribution in [0, 0.1) is 4.77 Å². The Morgan fingerprint density at radius 3 is 3.19 bits per heavy atom. The number of phenolic OH excluding ortho intramolecular Hbond substituents is 1. The number of ether oxygens (including phenoxy) is 1. The number of aromatic nitrogens is 3. The highest BCUT2D eigenvalue weighted by molar-refractivity contribution is 9.10. The van der Waals surface area contributed by atoms with E-state index in [2.05, 4.69) is 31.2 Å². The molecule has 8 heteroatoms. The van der Waals surface area contributed by atoms with Crippen LogP contribution < -0.4 is 0 Å². The molecule has 2 aromatic rings. The van der Waals surface area contributed by atoms with E-state index in [1.165, 1.54) is 4.68 Å². The number of aromatic hydroxyl groups is 1. The molecule has 110 valence electrons. The van der Waals surface area contributed by atoms with Crippen LogP contribution in [-0.2, 0) is 4.74 Å². The lowest BCUT2D eigenvalue weighted by atomic mass is 10.2. The van der Waals surface area contributed by atoms with E-state index in [-0.39, 0.29) is 11.9 Å². The van der Waals surface area contributed by atoms with Crippen LogP contribution in [-0.4, -0.2) is 32.8 Å². The highest BCUT2D eigenvalue weighted by atomic mass is 79.9. The molecular weight excluding hydrogens is 356 g/mol. The van der Waals surface area contributed by atoms with Crippen molar-refractivity contribution in [1.82, 2.24) is 14.9 Å². The van der Waals surface area contributed by atoms with E-state index in [1.807, 2.05) is 0 Å². The quantitative estimate of drug-likeness (QED) is 0.644. The van der Waals surface area contributed by atoms with Crippen LogP contribution in [0.4, 0.5) is 0 Å². The van der Waals surface area contributed by atoms with Crippen molar-refractivity contribution < 1.29 is 9.84 Å². The van der Waals surface area contributed by atoms with Crippen molar-refractivity contribution in [2.45, 2.75) is 18.9 Å². The average Bonchev–Trinajstić information content (AvgIpc) is 3.09. The van der Waals surface area contributed by atoms with E-state index in [9.17, 15) is 5.11 Å². The first-order chi connectivity index (χ1) is 10.1. The van der Waals surface area contributed by atoms with E-state index in [0.29, 0.717) is 16.2 Å². The Kier molecular flexibility index (Phi) is 4.18. The molecule has 0 aliphatic carbocycles. The van der Waals surface area contributed by atoms with Gasteiger partial charge in [0.2, 0.25) is 4.77 Å². The minimum Gasteiger partial charge on any atom is -0.507 e. The molecule has 0 bridgehead atoms. The van der Waals surface area contributed by atoms with Gasteiger partial charge in [0.15, 0.2) is 5.82 Å². The SMILES string of the molecule is Oc1ccc(Br)cc1/C=N/n1c([C@H]2CCCO2)n[nH]c1=S. The predicted octanol–water partition coefficient (Wildman–Crippen LogP) is 3.14. The summed E-state index contributed by atoms with van der Waals surface area (Å²) in [5.41, 5.74) is 0.589. The largest absolute Gasteiger partial charge is 0.507 e. The molecule has 1 fully saturated rings. The Labute approximate surface area is 134 Å². The molecule has 0 unspecified atom stereocenters. The van der Waals surface area contributed by atoms with Crippen molar-refractivity contribution in [2.75, 3.05) is 6.61 Å². The molecule has 1 aliphatic heterocycles. The second-order valence-electron chi connectivity index (χ2n) is 4.65. The van der Waals surface area contributed by atoms with Crippen LogP contribution in [0.1, 0.15) is 30.3 Å². The molecule has 2 N–H and O–H groups in total. The fraction of sp³-hybridized carbons (Fsp3) is 0.308. The summed E-state index contributed by atoms with van der Waals surface area (Å²) in [6.07, 6.45) is 3.35. The number of hydrogen-bond acceptors (Lipinski definition) is 5. The molecule has 2 heterocycles. The first-order valence-electron chi connectivity index (χ1n) is 6.47. The maximum absolute atomic E-state index is 9.82. The molecule has 1 saturated heterocycles. The van der Waals surface area contributed by atoms with E-state index < -0.39 is 0 Å². The zero-order chi connectivity index (χ0) is 14.8. The van der Waals surface area contributed by atoms with E-state index >= 15 is 0 Å². The van der Waals surface area contributed by atoms with Gasteiger partial charge >= 0.3 is 0 Å². The lowest BCUT2D eigenvalue weighted by Gasteiger charge is -2.07. The van der Waals surface area contributed by atoms with Crippen molar-refractivity contribution in [1.29, 1.82) is 0 Å². The Morgan fingerprint density at radius 1 is 1.57 bits per heavy atom. The molecule has 1 aromatic heterocycles. The standard InChI is InChI=1S/C13H13BrN4O2S/c14-9-3-4-10(19)8(6-9)7-15-18-12(16-17-13(18)21)11-2-1-5-20-11/h3-4,6-7,11,19H,1-2,5H2,(H,17,21)/b15-7+/t11-/m1/s1. The normalized spacial score (nSPS) is 18.6.